The van der Waals surface area contributed by atoms with Crippen LogP contribution in [0.25, 0.3) is 0 Å². The van der Waals surface area contributed by atoms with Crippen LogP contribution in [0.2, 0.25) is 5.02 Å². The van der Waals surface area contributed by atoms with Gasteiger partial charge in [0.15, 0.2) is 11.9 Å². The maximum absolute atomic E-state index is 11.8. The third kappa shape index (κ3) is 3.70. The Kier molecular flexibility index (Phi) is 4.10. The fraction of sp³-hybridized carbons (Fsp3) is 0.429. The lowest BCUT2D eigenvalue weighted by Crippen LogP contribution is -2.37. The Bertz CT molecular complexity index is 511. The van der Waals surface area contributed by atoms with Crippen molar-refractivity contribution in [3.05, 3.63) is 28.8 Å². The Morgan fingerprint density at radius 1 is 1.42 bits per heavy atom. The zero-order valence-electron chi connectivity index (χ0n) is 10.9. The highest BCUT2D eigenvalue weighted by molar-refractivity contribution is 6.31. The summed E-state index contributed by atoms with van der Waals surface area (Å²) < 4.78 is 5.56. The van der Waals surface area contributed by atoms with Crippen LogP contribution in [-0.2, 0) is 4.79 Å². The van der Waals surface area contributed by atoms with Gasteiger partial charge in [0.1, 0.15) is 5.75 Å². The van der Waals surface area contributed by atoms with E-state index in [4.69, 9.17) is 16.3 Å². The number of ether oxygens (including phenoxy) is 1. The number of hydrogen-bond donors (Lipinski definition) is 1. The monoisotopic (exact) mass is 281 g/mol. The molecule has 1 amide bonds. The third-order valence-electron chi connectivity index (χ3n) is 2.92. The molecular weight excluding hydrogens is 266 g/mol. The summed E-state index contributed by atoms with van der Waals surface area (Å²) in [5, 5.41) is 3.32. The van der Waals surface area contributed by atoms with Crippen molar-refractivity contribution < 1.29 is 14.3 Å². The van der Waals surface area contributed by atoms with Crippen LogP contribution in [0.3, 0.4) is 0 Å². The van der Waals surface area contributed by atoms with Crippen molar-refractivity contribution in [2.24, 2.45) is 0 Å². The fourth-order valence-electron chi connectivity index (χ4n) is 1.67. The number of carbonyl (C=O) groups excluding carboxylic acids is 2. The number of benzene rings is 1. The number of carbonyl (C=O) groups is 2. The zero-order valence-corrected chi connectivity index (χ0v) is 11.7. The molecule has 0 unspecified atom stereocenters. The van der Waals surface area contributed by atoms with Gasteiger partial charge >= 0.3 is 0 Å². The molecule has 5 heteroatoms. The number of ketones is 1. The highest BCUT2D eigenvalue weighted by atomic mass is 35.5. The van der Waals surface area contributed by atoms with Crippen LogP contribution in [0.15, 0.2) is 18.2 Å². The second-order valence-corrected chi connectivity index (χ2v) is 5.18. The van der Waals surface area contributed by atoms with E-state index in [1.165, 1.54) is 6.92 Å². The Labute approximate surface area is 117 Å². The lowest BCUT2D eigenvalue weighted by atomic mass is 10.1. The molecule has 0 bridgehead atoms. The second kappa shape index (κ2) is 5.61. The van der Waals surface area contributed by atoms with Gasteiger partial charge in [-0.15, -0.1) is 0 Å². The lowest BCUT2D eigenvalue weighted by Gasteiger charge is -2.16. The molecule has 1 aromatic carbocycles. The van der Waals surface area contributed by atoms with Gasteiger partial charge in [0.2, 0.25) is 0 Å². The van der Waals surface area contributed by atoms with Gasteiger partial charge in [-0.1, -0.05) is 11.6 Å². The van der Waals surface area contributed by atoms with E-state index >= 15 is 0 Å². The molecule has 0 spiro atoms. The van der Waals surface area contributed by atoms with Gasteiger partial charge in [-0.2, -0.15) is 0 Å². The highest BCUT2D eigenvalue weighted by Crippen LogP contribution is 2.25. The summed E-state index contributed by atoms with van der Waals surface area (Å²) in [7, 11) is 0. The van der Waals surface area contributed by atoms with Crippen molar-refractivity contribution in [1.29, 1.82) is 0 Å². The topological polar surface area (TPSA) is 55.4 Å². The van der Waals surface area contributed by atoms with Gasteiger partial charge in [0, 0.05) is 11.1 Å². The molecule has 0 heterocycles. The van der Waals surface area contributed by atoms with Crippen LogP contribution in [0.4, 0.5) is 0 Å². The van der Waals surface area contributed by atoms with Gasteiger partial charge in [-0.05, 0) is 44.9 Å². The SMILES string of the molecule is CC(=O)c1cc(Cl)ccc1O[C@@H](C)C(=O)NC1CC1. The van der Waals surface area contributed by atoms with Crippen LogP contribution in [0.1, 0.15) is 37.0 Å². The van der Waals surface area contributed by atoms with Gasteiger partial charge < -0.3 is 10.1 Å². The summed E-state index contributed by atoms with van der Waals surface area (Å²) in [5.74, 6) is 0.0783. The van der Waals surface area contributed by atoms with E-state index in [1.807, 2.05) is 0 Å². The Morgan fingerprint density at radius 2 is 2.11 bits per heavy atom. The van der Waals surface area contributed by atoms with E-state index in [9.17, 15) is 9.59 Å². The first-order valence-electron chi connectivity index (χ1n) is 6.25. The molecule has 0 saturated heterocycles. The quantitative estimate of drug-likeness (QED) is 0.844. The van der Waals surface area contributed by atoms with E-state index in [0.717, 1.165) is 12.8 Å². The molecule has 1 aliphatic carbocycles. The minimum atomic E-state index is -0.639. The number of nitrogens with one attached hydrogen (secondary N) is 1. The average molecular weight is 282 g/mol. The summed E-state index contributed by atoms with van der Waals surface area (Å²) >= 11 is 5.85. The van der Waals surface area contributed by atoms with Crippen LogP contribution in [0.5, 0.6) is 5.75 Å². The van der Waals surface area contributed by atoms with Gasteiger partial charge in [0.05, 0.1) is 5.56 Å². The molecule has 102 valence electrons. The molecule has 4 nitrogen and oxygen atoms in total. The summed E-state index contributed by atoms with van der Waals surface area (Å²) in [6.45, 7) is 3.10. The van der Waals surface area contributed by atoms with Gasteiger partial charge in [-0.25, -0.2) is 0 Å². The largest absolute Gasteiger partial charge is 0.480 e. The number of Topliss-reactive ketones (excluding diaryl/α,β-unsaturated/α-hetero) is 1. The molecule has 19 heavy (non-hydrogen) atoms. The van der Waals surface area contributed by atoms with E-state index < -0.39 is 6.10 Å². The highest BCUT2D eigenvalue weighted by Gasteiger charge is 2.26. The van der Waals surface area contributed by atoms with Crippen molar-refractivity contribution in [3.63, 3.8) is 0 Å². The molecule has 1 aromatic rings. The normalized spacial score (nSPS) is 15.7. The molecule has 0 aliphatic heterocycles. The smallest absolute Gasteiger partial charge is 0.260 e. The molecule has 1 aliphatic rings. The number of amides is 1. The maximum Gasteiger partial charge on any atom is 0.260 e. The molecule has 1 atom stereocenters. The first-order valence-corrected chi connectivity index (χ1v) is 6.62. The minimum Gasteiger partial charge on any atom is -0.480 e. The Morgan fingerprint density at radius 3 is 2.68 bits per heavy atom. The molecular formula is C14H16ClNO3. The average Bonchev–Trinajstić information content (AvgIpc) is 3.14. The molecule has 2 rings (SSSR count). The molecule has 0 radical (unpaired) electrons. The van der Waals surface area contributed by atoms with Crippen molar-refractivity contribution in [2.75, 3.05) is 0 Å². The minimum absolute atomic E-state index is 0.146. The van der Waals surface area contributed by atoms with E-state index in [1.54, 1.807) is 25.1 Å². The predicted molar refractivity (Wildman–Crippen MR) is 72.7 cm³/mol. The van der Waals surface area contributed by atoms with E-state index in [-0.39, 0.29) is 17.7 Å². The summed E-state index contributed by atoms with van der Waals surface area (Å²) in [5.41, 5.74) is 0.388. The third-order valence-corrected chi connectivity index (χ3v) is 3.15. The van der Waals surface area contributed by atoms with Crippen molar-refractivity contribution in [1.82, 2.24) is 5.32 Å². The van der Waals surface area contributed by atoms with Crippen LogP contribution in [-0.4, -0.2) is 23.8 Å². The van der Waals surface area contributed by atoms with Crippen molar-refractivity contribution >= 4 is 23.3 Å². The lowest BCUT2D eigenvalue weighted by molar-refractivity contribution is -0.127. The molecule has 1 N–H and O–H groups in total. The number of halogens is 1. The summed E-state index contributed by atoms with van der Waals surface area (Å²) in [4.78, 5) is 23.3. The molecule has 0 aromatic heterocycles. The number of hydrogen-bond acceptors (Lipinski definition) is 3. The Hall–Kier alpha value is -1.55. The number of rotatable bonds is 5. The fourth-order valence-corrected chi connectivity index (χ4v) is 1.84. The Balaban J connectivity index is 2.08. The molecule has 1 fully saturated rings. The first-order chi connectivity index (χ1) is 8.97. The summed E-state index contributed by atoms with van der Waals surface area (Å²) in [6, 6.07) is 5.08. The van der Waals surface area contributed by atoms with E-state index in [0.29, 0.717) is 16.3 Å². The molecule has 1 saturated carbocycles. The summed E-state index contributed by atoms with van der Waals surface area (Å²) in [6.07, 6.45) is 1.41. The van der Waals surface area contributed by atoms with Crippen molar-refractivity contribution in [2.45, 2.75) is 38.8 Å². The first kappa shape index (κ1) is 13.9. The van der Waals surface area contributed by atoms with Gasteiger partial charge in [0.25, 0.3) is 5.91 Å². The maximum atomic E-state index is 11.8. The van der Waals surface area contributed by atoms with Crippen molar-refractivity contribution in [3.8, 4) is 5.75 Å². The van der Waals surface area contributed by atoms with Crippen LogP contribution in [0, 0.1) is 0 Å². The standard InChI is InChI=1S/C14H16ClNO3/c1-8(17)12-7-10(15)3-6-13(12)19-9(2)14(18)16-11-4-5-11/h3,6-7,9,11H,4-5H2,1-2H3,(H,16,18)/t9-/m0/s1. The zero-order chi connectivity index (χ0) is 14.0. The van der Waals surface area contributed by atoms with Crippen LogP contribution >= 0.6 is 11.6 Å². The van der Waals surface area contributed by atoms with E-state index in [2.05, 4.69) is 5.32 Å². The second-order valence-electron chi connectivity index (χ2n) is 4.74. The van der Waals surface area contributed by atoms with Crippen LogP contribution < -0.4 is 10.1 Å². The van der Waals surface area contributed by atoms with Gasteiger partial charge in [-0.3, -0.25) is 9.59 Å². The predicted octanol–water partition coefficient (Wildman–Crippen LogP) is 2.59.